The Bertz CT molecular complexity index is 3500. The standard InChI is InChI=1S/C63H50N2/c1-63(2)59-38-48(34-35-53(59)57-39-55-51-21-11-9-19-49(51)50-20-10-12-22-52(50)56(55)40-60(57)63)64(46-30-25-42(26-31-46)41-15-5-3-6-16-41)47-32-27-43(28-33-47)44-29-36-62-58(37-44)54-23-13-14-24-61(54)65(62)45-17-7-4-8-18-45/h3-13,15-23,25-28,30-35,37,39-40,48H,14,24,29,36,38H2,1-2H3. The Balaban J connectivity index is 0.884. The van der Waals surface area contributed by atoms with E-state index in [4.69, 9.17) is 0 Å². The summed E-state index contributed by atoms with van der Waals surface area (Å²) in [6.07, 6.45) is 17.3. The van der Waals surface area contributed by atoms with Gasteiger partial charge in [-0.1, -0.05) is 159 Å². The molecule has 0 amide bonds. The molecule has 0 saturated heterocycles. The molecule has 1 heterocycles. The van der Waals surface area contributed by atoms with Crippen molar-refractivity contribution in [1.29, 1.82) is 0 Å². The van der Waals surface area contributed by atoms with Gasteiger partial charge in [0.15, 0.2) is 0 Å². The highest BCUT2D eigenvalue weighted by Gasteiger charge is 2.41. The molecule has 9 aromatic rings. The molecular weight excluding hydrogens is 785 g/mol. The second-order valence-electron chi connectivity index (χ2n) is 19.0. The van der Waals surface area contributed by atoms with Gasteiger partial charge in [-0.2, -0.15) is 0 Å². The van der Waals surface area contributed by atoms with Crippen LogP contribution in [0.4, 0.5) is 11.4 Å². The average Bonchev–Trinajstić information content (AvgIpc) is 3.81. The van der Waals surface area contributed by atoms with Crippen LogP contribution < -0.4 is 4.90 Å². The summed E-state index contributed by atoms with van der Waals surface area (Å²) in [4.78, 5) is 2.59. The lowest BCUT2D eigenvalue weighted by Gasteiger charge is -2.37. The van der Waals surface area contributed by atoms with Crippen molar-refractivity contribution in [3.8, 4) is 16.8 Å². The van der Waals surface area contributed by atoms with Crippen LogP contribution in [-0.4, -0.2) is 10.6 Å². The van der Waals surface area contributed by atoms with Gasteiger partial charge >= 0.3 is 0 Å². The summed E-state index contributed by atoms with van der Waals surface area (Å²) in [7, 11) is 0. The molecule has 2 nitrogen and oxygen atoms in total. The summed E-state index contributed by atoms with van der Waals surface area (Å²) in [5.41, 5.74) is 20.2. The first-order chi connectivity index (χ1) is 32.0. The topological polar surface area (TPSA) is 8.17 Å². The SMILES string of the molecule is CC1(C)C2=C(C=CC(N(c3ccc(C4=Cc5c6c(n(-c7ccccc7)c5CC4)CCC=C6)cc3)c3ccc(-c4ccccc4)cc3)C2)c2cc3c4ccccc4c4ccccc4c3cc21. The minimum atomic E-state index is -0.124. The lowest BCUT2D eigenvalue weighted by molar-refractivity contribution is 0.585. The second kappa shape index (κ2) is 14.8. The molecule has 0 N–H and O–H groups in total. The molecule has 8 aromatic carbocycles. The monoisotopic (exact) mass is 834 g/mol. The van der Waals surface area contributed by atoms with E-state index < -0.39 is 0 Å². The highest BCUT2D eigenvalue weighted by Crippen LogP contribution is 2.53. The van der Waals surface area contributed by atoms with Crippen LogP contribution in [0.3, 0.4) is 0 Å². The van der Waals surface area contributed by atoms with Crippen LogP contribution in [0.25, 0.3) is 72.4 Å². The Kier molecular flexibility index (Phi) is 8.68. The number of hydrogen-bond donors (Lipinski definition) is 0. The maximum absolute atomic E-state index is 2.59. The predicted octanol–water partition coefficient (Wildman–Crippen LogP) is 16.3. The Labute approximate surface area is 381 Å². The number of benzene rings is 8. The van der Waals surface area contributed by atoms with Gasteiger partial charge in [-0.05, 0) is 164 Å². The lowest BCUT2D eigenvalue weighted by Crippen LogP contribution is -2.33. The number of para-hydroxylation sites is 1. The van der Waals surface area contributed by atoms with Gasteiger partial charge < -0.3 is 9.47 Å². The first-order valence-electron chi connectivity index (χ1n) is 23.5. The fourth-order valence-corrected chi connectivity index (χ4v) is 12.0. The zero-order chi connectivity index (χ0) is 43.2. The van der Waals surface area contributed by atoms with Gasteiger partial charge in [-0.25, -0.2) is 0 Å². The first-order valence-corrected chi connectivity index (χ1v) is 23.5. The van der Waals surface area contributed by atoms with Crippen LogP contribution >= 0.6 is 0 Å². The fourth-order valence-electron chi connectivity index (χ4n) is 12.0. The summed E-state index contributed by atoms with van der Waals surface area (Å²) < 4.78 is 2.56. The summed E-state index contributed by atoms with van der Waals surface area (Å²) in [6.45, 7) is 4.91. The maximum atomic E-state index is 2.59. The summed E-state index contributed by atoms with van der Waals surface area (Å²) >= 11 is 0. The zero-order valence-corrected chi connectivity index (χ0v) is 37.1. The number of anilines is 2. The van der Waals surface area contributed by atoms with Gasteiger partial charge in [-0.3, -0.25) is 0 Å². The van der Waals surface area contributed by atoms with Gasteiger partial charge in [0.25, 0.3) is 0 Å². The largest absolute Gasteiger partial charge is 0.334 e. The van der Waals surface area contributed by atoms with Crippen molar-refractivity contribution in [3.05, 3.63) is 233 Å². The highest BCUT2D eigenvalue weighted by atomic mass is 15.2. The van der Waals surface area contributed by atoms with E-state index in [-0.39, 0.29) is 11.5 Å². The van der Waals surface area contributed by atoms with E-state index in [1.807, 2.05) is 0 Å². The lowest BCUT2D eigenvalue weighted by atomic mass is 9.77. The van der Waals surface area contributed by atoms with Gasteiger partial charge in [0, 0.05) is 45.0 Å². The number of allylic oxidation sites excluding steroid dienone is 4. The molecule has 312 valence electrons. The average molecular weight is 835 g/mol. The van der Waals surface area contributed by atoms with Crippen molar-refractivity contribution in [2.24, 2.45) is 0 Å². The number of nitrogens with zero attached hydrogens (tertiary/aromatic N) is 2. The van der Waals surface area contributed by atoms with Crippen molar-refractivity contribution < 1.29 is 0 Å². The molecule has 1 atom stereocenters. The van der Waals surface area contributed by atoms with Crippen LogP contribution in [-0.2, 0) is 18.3 Å². The molecule has 0 spiro atoms. The van der Waals surface area contributed by atoms with Crippen molar-refractivity contribution in [2.45, 2.75) is 57.4 Å². The maximum Gasteiger partial charge on any atom is 0.0563 e. The molecule has 4 aliphatic carbocycles. The van der Waals surface area contributed by atoms with Crippen LogP contribution in [0.15, 0.2) is 194 Å². The van der Waals surface area contributed by atoms with Crippen LogP contribution in [0.5, 0.6) is 0 Å². The third-order valence-corrected chi connectivity index (χ3v) is 15.2. The van der Waals surface area contributed by atoms with E-state index in [9.17, 15) is 0 Å². The van der Waals surface area contributed by atoms with E-state index in [2.05, 4.69) is 224 Å². The third kappa shape index (κ3) is 6.00. The fraction of sp³-hybridized carbons (Fsp3) is 0.143. The number of rotatable bonds is 6. The van der Waals surface area contributed by atoms with Crippen molar-refractivity contribution in [1.82, 2.24) is 4.57 Å². The van der Waals surface area contributed by atoms with E-state index in [1.165, 1.54) is 116 Å². The van der Waals surface area contributed by atoms with Crippen molar-refractivity contribution in [2.75, 3.05) is 4.90 Å². The summed E-state index contributed by atoms with van der Waals surface area (Å²) in [5.74, 6) is 0. The van der Waals surface area contributed by atoms with E-state index in [1.54, 1.807) is 0 Å². The number of fused-ring (bicyclic) bond motifs is 11. The molecule has 13 rings (SSSR count). The molecule has 0 fully saturated rings. The Morgan fingerprint density at radius 1 is 0.523 bits per heavy atom. The third-order valence-electron chi connectivity index (χ3n) is 15.2. The molecule has 1 aromatic heterocycles. The van der Waals surface area contributed by atoms with Crippen molar-refractivity contribution in [3.63, 3.8) is 0 Å². The Morgan fingerprint density at radius 3 is 1.77 bits per heavy atom. The second-order valence-corrected chi connectivity index (χ2v) is 19.0. The molecule has 0 saturated carbocycles. The molecule has 4 aliphatic rings. The zero-order valence-electron chi connectivity index (χ0n) is 37.1. The molecular formula is C63H50N2. The molecule has 0 bridgehead atoms. The predicted molar refractivity (Wildman–Crippen MR) is 276 cm³/mol. The van der Waals surface area contributed by atoms with Gasteiger partial charge in [0.05, 0.1) is 6.04 Å². The normalized spacial score (nSPS) is 17.0. The van der Waals surface area contributed by atoms with Crippen LogP contribution in [0.1, 0.15) is 72.3 Å². The minimum absolute atomic E-state index is 0.124. The van der Waals surface area contributed by atoms with Crippen LogP contribution in [0, 0.1) is 0 Å². The van der Waals surface area contributed by atoms with Gasteiger partial charge in [-0.15, -0.1) is 0 Å². The Hall–Kier alpha value is -7.42. The number of aromatic nitrogens is 1. The molecule has 65 heavy (non-hydrogen) atoms. The molecule has 0 aliphatic heterocycles. The summed E-state index contributed by atoms with van der Waals surface area (Å²) in [6, 6.07) is 63.5. The van der Waals surface area contributed by atoms with Gasteiger partial charge in [0.1, 0.15) is 0 Å². The van der Waals surface area contributed by atoms with Gasteiger partial charge in [0.2, 0.25) is 0 Å². The highest BCUT2D eigenvalue weighted by molar-refractivity contribution is 6.26. The van der Waals surface area contributed by atoms with E-state index in [0.717, 1.165) is 32.1 Å². The molecule has 2 heteroatoms. The first kappa shape index (κ1) is 38.1. The Morgan fingerprint density at radius 2 is 1.09 bits per heavy atom. The minimum Gasteiger partial charge on any atom is -0.334 e. The smallest absolute Gasteiger partial charge is 0.0563 e. The van der Waals surface area contributed by atoms with Crippen LogP contribution in [0.2, 0.25) is 0 Å². The number of hydrogen-bond acceptors (Lipinski definition) is 1. The molecule has 0 radical (unpaired) electrons. The summed E-state index contributed by atoms with van der Waals surface area (Å²) in [5, 5.41) is 8.00. The van der Waals surface area contributed by atoms with E-state index in [0.29, 0.717) is 0 Å². The quantitative estimate of drug-likeness (QED) is 0.152. The van der Waals surface area contributed by atoms with Crippen molar-refractivity contribution >= 4 is 67.0 Å². The molecule has 1 unspecified atom stereocenters. The van der Waals surface area contributed by atoms with E-state index >= 15 is 0 Å².